The molecule has 3 aromatic heterocycles. The lowest BCUT2D eigenvalue weighted by atomic mass is 10.1. The smallest absolute Gasteiger partial charge is 0.382 e. The second-order valence-corrected chi connectivity index (χ2v) is 9.10. The van der Waals surface area contributed by atoms with E-state index in [2.05, 4.69) is 15.1 Å². The number of aromatic nitrogens is 5. The predicted octanol–water partition coefficient (Wildman–Crippen LogP) is 4.29. The quantitative estimate of drug-likeness (QED) is 0.262. The van der Waals surface area contributed by atoms with Crippen molar-refractivity contribution in [2.75, 3.05) is 12.8 Å². The zero-order valence-electron chi connectivity index (χ0n) is 21.4. The summed E-state index contributed by atoms with van der Waals surface area (Å²) in [6.45, 7) is 2.70. The highest BCUT2D eigenvalue weighted by Gasteiger charge is 2.32. The van der Waals surface area contributed by atoms with Crippen LogP contribution in [0.5, 0.6) is 0 Å². The van der Waals surface area contributed by atoms with Crippen molar-refractivity contribution in [2.45, 2.75) is 26.7 Å². The lowest BCUT2D eigenvalue weighted by molar-refractivity contribution is -0.212. The van der Waals surface area contributed by atoms with Crippen LogP contribution in [-0.4, -0.2) is 53.0 Å². The third kappa shape index (κ3) is 4.67. The number of aryl methyl sites for hydroxylation is 1. The second-order valence-electron chi connectivity index (χ2n) is 9.10. The normalized spacial score (nSPS) is 11.8. The maximum atomic E-state index is 15.2. The van der Waals surface area contributed by atoms with E-state index in [-0.39, 0.29) is 39.3 Å². The highest BCUT2D eigenvalue weighted by atomic mass is 19.4. The molecule has 0 spiro atoms. The highest BCUT2D eigenvalue weighted by molar-refractivity contribution is 5.99. The molecule has 2 N–H and O–H groups in total. The number of hydrogen-bond donors (Lipinski definition) is 1. The Balaban J connectivity index is 1.49. The zero-order chi connectivity index (χ0) is 28.9. The number of carbonyl (C=O) groups excluding carboxylic acids is 2. The van der Waals surface area contributed by atoms with Crippen LogP contribution in [0.1, 0.15) is 28.5 Å². The van der Waals surface area contributed by atoms with Gasteiger partial charge in [-0.05, 0) is 36.8 Å². The fraction of sp³-hybridized carbons (Fsp3) is 0.192. The molecule has 206 valence electrons. The molecule has 3 heterocycles. The lowest BCUT2D eigenvalue weighted by Gasteiger charge is -2.31. The van der Waals surface area contributed by atoms with E-state index in [1.807, 2.05) is 0 Å². The Labute approximate surface area is 224 Å². The number of imidazole rings is 1. The molecule has 0 bridgehead atoms. The van der Waals surface area contributed by atoms with Gasteiger partial charge in [0.15, 0.2) is 0 Å². The van der Waals surface area contributed by atoms with Gasteiger partial charge in [-0.25, -0.2) is 19.4 Å². The lowest BCUT2D eigenvalue weighted by Crippen LogP contribution is -2.46. The minimum atomic E-state index is -4.71. The fourth-order valence-corrected chi connectivity index (χ4v) is 4.32. The van der Waals surface area contributed by atoms with Crippen molar-refractivity contribution in [3.05, 3.63) is 77.8 Å². The number of nitrogens with two attached hydrogens (primary N) is 1. The first-order valence-electron chi connectivity index (χ1n) is 11.8. The first-order valence-corrected chi connectivity index (χ1v) is 11.8. The van der Waals surface area contributed by atoms with Crippen LogP contribution in [0, 0.1) is 12.7 Å². The van der Waals surface area contributed by atoms with Crippen LogP contribution in [0.3, 0.4) is 0 Å². The number of rotatable bonds is 4. The van der Waals surface area contributed by atoms with Gasteiger partial charge in [0, 0.05) is 36.9 Å². The summed E-state index contributed by atoms with van der Waals surface area (Å²) in [6.07, 6.45) is -1.42. The van der Waals surface area contributed by atoms with Crippen LogP contribution >= 0.6 is 0 Å². The number of hydrazine groups is 1. The van der Waals surface area contributed by atoms with Crippen LogP contribution in [0.4, 0.5) is 23.4 Å². The summed E-state index contributed by atoms with van der Waals surface area (Å²) in [6, 6.07) is 8.51. The van der Waals surface area contributed by atoms with Gasteiger partial charge in [-0.2, -0.15) is 9.78 Å². The molecule has 40 heavy (non-hydrogen) atoms. The minimum Gasteiger partial charge on any atom is -0.382 e. The first-order chi connectivity index (χ1) is 18.8. The van der Waals surface area contributed by atoms with Crippen molar-refractivity contribution in [1.82, 2.24) is 34.2 Å². The van der Waals surface area contributed by atoms with Crippen molar-refractivity contribution < 1.29 is 27.2 Å². The van der Waals surface area contributed by atoms with E-state index in [0.29, 0.717) is 22.2 Å². The molecule has 0 unspecified atom stereocenters. The number of hydrogen-bond acceptors (Lipinski definition) is 6. The third-order valence-corrected chi connectivity index (χ3v) is 6.52. The Morgan fingerprint density at radius 1 is 1.10 bits per heavy atom. The summed E-state index contributed by atoms with van der Waals surface area (Å²) in [4.78, 5) is 34.6. The van der Waals surface area contributed by atoms with Gasteiger partial charge in [0.2, 0.25) is 5.91 Å². The Bertz CT molecular complexity index is 1790. The molecule has 0 aliphatic rings. The molecule has 10 nitrogen and oxygen atoms in total. The van der Waals surface area contributed by atoms with Crippen molar-refractivity contribution in [1.29, 1.82) is 0 Å². The topological polar surface area (TPSA) is 115 Å². The molecule has 0 saturated heterocycles. The van der Waals surface area contributed by atoms with Crippen LogP contribution in [0.25, 0.3) is 27.7 Å². The number of alkyl halides is 3. The number of anilines is 1. The first kappa shape index (κ1) is 26.6. The van der Waals surface area contributed by atoms with Crippen molar-refractivity contribution >= 4 is 34.2 Å². The van der Waals surface area contributed by atoms with E-state index >= 15 is 4.39 Å². The average Bonchev–Trinajstić information content (AvgIpc) is 3.55. The zero-order valence-corrected chi connectivity index (χ0v) is 21.4. The van der Waals surface area contributed by atoms with E-state index in [4.69, 9.17) is 5.73 Å². The minimum absolute atomic E-state index is 0.0382. The number of carbonyl (C=O) groups is 2. The summed E-state index contributed by atoms with van der Waals surface area (Å²) in [5.74, 6) is -1.57. The van der Waals surface area contributed by atoms with Crippen LogP contribution in [-0.2, 0) is 17.6 Å². The summed E-state index contributed by atoms with van der Waals surface area (Å²) in [5.41, 5.74) is 8.84. The van der Waals surface area contributed by atoms with Gasteiger partial charge in [0.25, 0.3) is 5.91 Å². The Hall–Kier alpha value is -5.01. The predicted molar refractivity (Wildman–Crippen MR) is 137 cm³/mol. The molecular formula is C26H22F4N8O2. The number of fused-ring (bicyclic) bond motifs is 3. The van der Waals surface area contributed by atoms with Gasteiger partial charge in [-0.1, -0.05) is 12.1 Å². The molecule has 14 heteroatoms. The maximum absolute atomic E-state index is 15.2. The molecule has 0 fully saturated rings. The molecule has 0 aliphatic carbocycles. The number of amides is 2. The summed E-state index contributed by atoms with van der Waals surface area (Å²) in [5, 5.41) is 5.40. The van der Waals surface area contributed by atoms with Gasteiger partial charge in [0.05, 0.1) is 29.5 Å². The van der Waals surface area contributed by atoms with Crippen LogP contribution in [0.2, 0.25) is 0 Å². The molecule has 2 amide bonds. The standard InChI is InChI=1S/C26H22F4N8O2/c1-14-23-24(31)34-21-7-6-17(9-22(21)36(23)13-32-14)25(40)37(35(3)15(2)39)11-18-5-4-16(8-20(18)27)19-10-33-38(12-19)26(28,29)30/h4-10,12-13H,11H2,1-3H3,(H2,31,34). The number of nitrogens with zero attached hydrogens (tertiary/aromatic N) is 7. The summed E-state index contributed by atoms with van der Waals surface area (Å²) in [7, 11) is 1.37. The molecule has 2 aromatic carbocycles. The van der Waals surface area contributed by atoms with Crippen LogP contribution in [0.15, 0.2) is 55.1 Å². The van der Waals surface area contributed by atoms with E-state index in [9.17, 15) is 22.8 Å². The largest absolute Gasteiger partial charge is 0.504 e. The molecule has 0 saturated carbocycles. The van der Waals surface area contributed by atoms with E-state index in [1.54, 1.807) is 29.8 Å². The maximum Gasteiger partial charge on any atom is 0.504 e. The van der Waals surface area contributed by atoms with E-state index in [1.165, 1.54) is 32.2 Å². The van der Waals surface area contributed by atoms with E-state index < -0.39 is 23.9 Å². The summed E-state index contributed by atoms with van der Waals surface area (Å²) < 4.78 is 55.4. The molecule has 0 atom stereocenters. The third-order valence-electron chi connectivity index (χ3n) is 6.52. The van der Waals surface area contributed by atoms with Gasteiger partial charge in [-0.3, -0.25) is 19.0 Å². The molecule has 0 radical (unpaired) electrons. The SMILES string of the molecule is CC(=O)N(C)N(Cc1ccc(-c2cnn(C(F)(F)F)c2)cc1F)C(=O)c1ccc2nc(N)c3c(C)ncn3c2c1. The molecule has 5 aromatic rings. The van der Waals surface area contributed by atoms with Gasteiger partial charge in [-0.15, -0.1) is 13.2 Å². The monoisotopic (exact) mass is 554 g/mol. The Morgan fingerprint density at radius 2 is 1.85 bits per heavy atom. The van der Waals surface area contributed by atoms with Gasteiger partial charge in [0.1, 0.15) is 23.5 Å². The Kier molecular flexibility index (Phi) is 6.40. The fourth-order valence-electron chi connectivity index (χ4n) is 4.32. The van der Waals surface area contributed by atoms with Gasteiger partial charge >= 0.3 is 6.30 Å². The second kappa shape index (κ2) is 9.63. The van der Waals surface area contributed by atoms with Crippen LogP contribution < -0.4 is 5.73 Å². The molecule has 5 rings (SSSR count). The van der Waals surface area contributed by atoms with E-state index in [0.717, 1.165) is 28.5 Å². The number of nitrogen functional groups attached to an aromatic ring is 1. The average molecular weight is 555 g/mol. The Morgan fingerprint density at radius 3 is 2.50 bits per heavy atom. The summed E-state index contributed by atoms with van der Waals surface area (Å²) >= 11 is 0. The van der Waals surface area contributed by atoms with Gasteiger partial charge < -0.3 is 5.73 Å². The van der Waals surface area contributed by atoms with Crippen molar-refractivity contribution in [3.63, 3.8) is 0 Å². The van der Waals surface area contributed by atoms with Crippen molar-refractivity contribution in [2.24, 2.45) is 0 Å². The molecular weight excluding hydrogens is 532 g/mol. The number of halogens is 4. The van der Waals surface area contributed by atoms with Crippen molar-refractivity contribution in [3.8, 4) is 11.1 Å². The number of benzene rings is 2. The molecule has 0 aliphatic heterocycles. The highest BCUT2D eigenvalue weighted by Crippen LogP contribution is 2.28.